The van der Waals surface area contributed by atoms with Crippen molar-refractivity contribution in [2.45, 2.75) is 50.8 Å². The van der Waals surface area contributed by atoms with Crippen LogP contribution in [0.1, 0.15) is 53.7 Å². The highest BCUT2D eigenvalue weighted by Crippen LogP contribution is 2.40. The average Bonchev–Trinajstić information content (AvgIpc) is 2.53. The summed E-state index contributed by atoms with van der Waals surface area (Å²) >= 11 is 8.45. The fourth-order valence-corrected chi connectivity index (χ4v) is 3.84. The van der Waals surface area contributed by atoms with E-state index in [9.17, 15) is 0 Å². The van der Waals surface area contributed by atoms with E-state index in [4.69, 9.17) is 11.6 Å². The summed E-state index contributed by atoms with van der Waals surface area (Å²) in [7, 11) is 0. The molecule has 0 radical (unpaired) electrons. The monoisotopic (exact) mass is 242 g/mol. The first-order valence-corrected chi connectivity index (χ1v) is 7.23. The quantitative estimate of drug-likeness (QED) is 0.487. The molecule has 0 aromatic carbocycles. The molecular formula is C13H19ClS. The van der Waals surface area contributed by atoms with Crippen LogP contribution >= 0.6 is 22.9 Å². The third-order valence-electron chi connectivity index (χ3n) is 3.35. The molecule has 1 unspecified atom stereocenters. The molecule has 0 bridgehead atoms. The first kappa shape index (κ1) is 11.5. The molecule has 0 nitrogen and oxygen atoms in total. The van der Waals surface area contributed by atoms with Crippen LogP contribution in [-0.2, 0) is 0 Å². The van der Waals surface area contributed by atoms with Crippen LogP contribution in [0.5, 0.6) is 0 Å². The number of hydrogen-bond donors (Lipinski definition) is 0. The van der Waals surface area contributed by atoms with Crippen LogP contribution in [0.25, 0.3) is 0 Å². The van der Waals surface area contributed by atoms with E-state index < -0.39 is 0 Å². The van der Waals surface area contributed by atoms with E-state index in [0.29, 0.717) is 5.92 Å². The van der Waals surface area contributed by atoms with E-state index >= 15 is 0 Å². The molecule has 0 aliphatic heterocycles. The Balaban J connectivity index is 2.02. The molecule has 1 saturated carbocycles. The first-order chi connectivity index (χ1) is 7.27. The zero-order chi connectivity index (χ0) is 10.7. The summed E-state index contributed by atoms with van der Waals surface area (Å²) in [6.45, 7) is 2.16. The highest BCUT2D eigenvalue weighted by Gasteiger charge is 2.23. The van der Waals surface area contributed by atoms with Crippen molar-refractivity contribution in [3.8, 4) is 0 Å². The maximum Gasteiger partial charge on any atom is 0.0706 e. The highest BCUT2D eigenvalue weighted by molar-refractivity contribution is 7.12. The van der Waals surface area contributed by atoms with Gasteiger partial charge in [0, 0.05) is 9.75 Å². The first-order valence-electron chi connectivity index (χ1n) is 5.98. The predicted molar refractivity (Wildman–Crippen MR) is 68.8 cm³/mol. The van der Waals surface area contributed by atoms with E-state index in [1.54, 1.807) is 0 Å². The predicted octanol–water partition coefficient (Wildman–Crippen LogP) is 5.31. The summed E-state index contributed by atoms with van der Waals surface area (Å²) in [6.07, 6.45) is 8.21. The molecule has 1 aromatic rings. The number of rotatable bonds is 2. The molecule has 0 amide bonds. The van der Waals surface area contributed by atoms with Crippen molar-refractivity contribution in [3.05, 3.63) is 21.9 Å². The lowest BCUT2D eigenvalue weighted by atomic mass is 9.95. The number of alkyl halides is 1. The number of halogens is 1. The average molecular weight is 243 g/mol. The minimum Gasteiger partial charge on any atom is -0.144 e. The topological polar surface area (TPSA) is 0 Å². The summed E-state index contributed by atoms with van der Waals surface area (Å²) in [5.74, 6) is 0.715. The standard InChI is InChI=1S/C13H19ClS/c1-10-8-9-12(15-10)13(14)11-6-4-2-3-5-7-11/h8-9,11,13H,2-7H2,1H3. The Morgan fingerprint density at radius 2 is 1.87 bits per heavy atom. The van der Waals surface area contributed by atoms with Crippen molar-refractivity contribution in [2.24, 2.45) is 5.92 Å². The lowest BCUT2D eigenvalue weighted by molar-refractivity contribution is 0.448. The number of aryl methyl sites for hydroxylation is 1. The Morgan fingerprint density at radius 1 is 1.20 bits per heavy atom. The fourth-order valence-electron chi connectivity index (χ4n) is 2.44. The zero-order valence-corrected chi connectivity index (χ0v) is 10.9. The molecule has 0 spiro atoms. The molecule has 2 heteroatoms. The van der Waals surface area contributed by atoms with E-state index in [1.807, 2.05) is 11.3 Å². The molecule has 2 rings (SSSR count). The van der Waals surface area contributed by atoms with Gasteiger partial charge in [0.1, 0.15) is 0 Å². The van der Waals surface area contributed by atoms with Gasteiger partial charge >= 0.3 is 0 Å². The summed E-state index contributed by atoms with van der Waals surface area (Å²) in [4.78, 5) is 2.75. The van der Waals surface area contributed by atoms with Crippen LogP contribution in [-0.4, -0.2) is 0 Å². The van der Waals surface area contributed by atoms with Crippen molar-refractivity contribution in [1.29, 1.82) is 0 Å². The van der Waals surface area contributed by atoms with Crippen LogP contribution in [0.2, 0.25) is 0 Å². The van der Waals surface area contributed by atoms with E-state index in [0.717, 1.165) is 0 Å². The summed E-state index contributed by atoms with van der Waals surface area (Å²) in [6, 6.07) is 4.40. The van der Waals surface area contributed by atoms with Gasteiger partial charge < -0.3 is 0 Å². The lowest BCUT2D eigenvalue weighted by Gasteiger charge is -2.19. The highest BCUT2D eigenvalue weighted by atomic mass is 35.5. The molecule has 1 aliphatic rings. The SMILES string of the molecule is Cc1ccc(C(Cl)C2CCCCCC2)s1. The van der Waals surface area contributed by atoms with Gasteiger partial charge in [0.05, 0.1) is 5.38 Å². The van der Waals surface area contributed by atoms with E-state index in [2.05, 4.69) is 19.1 Å². The van der Waals surface area contributed by atoms with Crippen LogP contribution in [0.15, 0.2) is 12.1 Å². The maximum absolute atomic E-state index is 6.58. The molecule has 1 fully saturated rings. The second-order valence-electron chi connectivity index (χ2n) is 4.60. The smallest absolute Gasteiger partial charge is 0.0706 e. The molecule has 1 aliphatic carbocycles. The van der Waals surface area contributed by atoms with Gasteiger partial charge in [0.2, 0.25) is 0 Å². The Kier molecular flexibility index (Phi) is 4.10. The fraction of sp³-hybridized carbons (Fsp3) is 0.692. The Labute approximate surface area is 102 Å². The number of thiophene rings is 1. The van der Waals surface area contributed by atoms with Crippen molar-refractivity contribution in [2.75, 3.05) is 0 Å². The van der Waals surface area contributed by atoms with Crippen molar-refractivity contribution in [3.63, 3.8) is 0 Å². The van der Waals surface area contributed by atoms with Gasteiger partial charge in [-0.15, -0.1) is 22.9 Å². The van der Waals surface area contributed by atoms with Crippen LogP contribution in [0.4, 0.5) is 0 Å². The summed E-state index contributed by atoms with van der Waals surface area (Å²) in [5.41, 5.74) is 0. The van der Waals surface area contributed by atoms with E-state index in [1.165, 1.54) is 48.3 Å². The third-order valence-corrected chi connectivity index (χ3v) is 5.15. The Hall–Kier alpha value is -0.0100. The van der Waals surface area contributed by atoms with E-state index in [-0.39, 0.29) is 5.38 Å². The molecular weight excluding hydrogens is 224 g/mol. The van der Waals surface area contributed by atoms with Gasteiger partial charge in [0.15, 0.2) is 0 Å². The van der Waals surface area contributed by atoms with Crippen LogP contribution < -0.4 is 0 Å². The second kappa shape index (κ2) is 5.36. The van der Waals surface area contributed by atoms with Gasteiger partial charge in [-0.3, -0.25) is 0 Å². The lowest BCUT2D eigenvalue weighted by Crippen LogP contribution is -2.05. The Morgan fingerprint density at radius 3 is 2.40 bits per heavy atom. The molecule has 1 heterocycles. The van der Waals surface area contributed by atoms with Gasteiger partial charge in [-0.05, 0) is 37.8 Å². The van der Waals surface area contributed by atoms with Gasteiger partial charge in [-0.2, -0.15) is 0 Å². The summed E-state index contributed by atoms with van der Waals surface area (Å²) in [5, 5.41) is 0.266. The van der Waals surface area contributed by atoms with Crippen molar-refractivity contribution >= 4 is 22.9 Å². The molecule has 15 heavy (non-hydrogen) atoms. The minimum absolute atomic E-state index is 0.266. The van der Waals surface area contributed by atoms with Crippen molar-refractivity contribution < 1.29 is 0 Å². The third kappa shape index (κ3) is 2.98. The molecule has 0 saturated heterocycles. The minimum atomic E-state index is 0.266. The molecule has 84 valence electrons. The largest absolute Gasteiger partial charge is 0.144 e. The van der Waals surface area contributed by atoms with Crippen LogP contribution in [0.3, 0.4) is 0 Å². The summed E-state index contributed by atoms with van der Waals surface area (Å²) < 4.78 is 0. The molecule has 0 N–H and O–H groups in total. The van der Waals surface area contributed by atoms with Gasteiger partial charge in [-0.25, -0.2) is 0 Å². The Bertz CT molecular complexity index is 297. The van der Waals surface area contributed by atoms with Gasteiger partial charge in [0.25, 0.3) is 0 Å². The second-order valence-corrected chi connectivity index (χ2v) is 6.39. The number of hydrogen-bond acceptors (Lipinski definition) is 1. The van der Waals surface area contributed by atoms with Crippen LogP contribution in [0, 0.1) is 12.8 Å². The van der Waals surface area contributed by atoms with Crippen molar-refractivity contribution in [1.82, 2.24) is 0 Å². The molecule has 1 aromatic heterocycles. The normalized spacial score (nSPS) is 21.2. The van der Waals surface area contributed by atoms with Gasteiger partial charge in [-0.1, -0.05) is 25.7 Å². The molecule has 1 atom stereocenters. The maximum atomic E-state index is 6.58. The zero-order valence-electron chi connectivity index (χ0n) is 9.34.